The highest BCUT2D eigenvalue weighted by Crippen LogP contribution is 2.18. The molecule has 1 N–H and O–H groups in total. The van der Waals surface area contributed by atoms with Crippen molar-refractivity contribution in [1.29, 1.82) is 0 Å². The molecule has 7 heteroatoms. The third kappa shape index (κ3) is 3.71. The maximum Gasteiger partial charge on any atom is 0.255 e. The van der Waals surface area contributed by atoms with Crippen molar-refractivity contribution in [2.45, 2.75) is 17.9 Å². The fraction of sp³-hybridized carbons (Fsp3) is 0.462. The van der Waals surface area contributed by atoms with Gasteiger partial charge in [0, 0.05) is 31.9 Å². The van der Waals surface area contributed by atoms with Gasteiger partial charge in [-0.3, -0.25) is 4.79 Å². The highest BCUT2D eigenvalue weighted by atomic mass is 35.5. The number of piperazine rings is 1. The van der Waals surface area contributed by atoms with Crippen LogP contribution in [0.5, 0.6) is 0 Å². The molecule has 0 aliphatic carbocycles. The summed E-state index contributed by atoms with van der Waals surface area (Å²) in [6.07, 6.45) is 1.12. The zero-order valence-electron chi connectivity index (χ0n) is 11.5. The van der Waals surface area contributed by atoms with Gasteiger partial charge in [-0.05, 0) is 19.1 Å². The zero-order chi connectivity index (χ0) is 14.0. The van der Waals surface area contributed by atoms with Crippen molar-refractivity contribution in [3.05, 3.63) is 29.8 Å². The summed E-state index contributed by atoms with van der Waals surface area (Å²) in [7, 11) is -3.39. The Labute approximate surface area is 125 Å². The number of carbonyl (C=O) groups is 1. The van der Waals surface area contributed by atoms with Crippen LogP contribution in [0.15, 0.2) is 29.2 Å². The van der Waals surface area contributed by atoms with E-state index in [1.165, 1.54) is 6.07 Å². The van der Waals surface area contributed by atoms with E-state index < -0.39 is 9.84 Å². The topological polar surface area (TPSA) is 66.5 Å². The molecule has 1 aromatic carbocycles. The van der Waals surface area contributed by atoms with Crippen LogP contribution in [0.3, 0.4) is 0 Å². The average Bonchev–Trinajstić information content (AvgIpc) is 2.37. The molecule has 1 aliphatic rings. The van der Waals surface area contributed by atoms with Crippen LogP contribution in [0.1, 0.15) is 17.3 Å². The van der Waals surface area contributed by atoms with Gasteiger partial charge in [0.15, 0.2) is 9.84 Å². The second-order valence-electron chi connectivity index (χ2n) is 4.87. The van der Waals surface area contributed by atoms with Gasteiger partial charge < -0.3 is 10.2 Å². The summed E-state index contributed by atoms with van der Waals surface area (Å²) in [6, 6.07) is 6.60. The van der Waals surface area contributed by atoms with E-state index in [-0.39, 0.29) is 34.8 Å². The molecule has 2 rings (SSSR count). The molecule has 112 valence electrons. The highest BCUT2D eigenvalue weighted by molar-refractivity contribution is 7.90. The number of carbonyl (C=O) groups excluding carboxylic acids is 1. The molecule has 0 saturated carbocycles. The van der Waals surface area contributed by atoms with Gasteiger partial charge in [0.1, 0.15) is 0 Å². The Morgan fingerprint density at radius 1 is 1.35 bits per heavy atom. The maximum atomic E-state index is 12.4. The van der Waals surface area contributed by atoms with Crippen LogP contribution < -0.4 is 5.32 Å². The van der Waals surface area contributed by atoms with Crippen LogP contribution in [0.25, 0.3) is 0 Å². The molecule has 20 heavy (non-hydrogen) atoms. The Hall–Kier alpha value is -1.11. The smallest absolute Gasteiger partial charge is 0.255 e. The van der Waals surface area contributed by atoms with E-state index in [1.54, 1.807) is 23.1 Å². The number of nitrogens with one attached hydrogen (secondary N) is 1. The molecule has 1 fully saturated rings. The molecule has 1 amide bonds. The second kappa shape index (κ2) is 6.56. The van der Waals surface area contributed by atoms with Crippen molar-refractivity contribution >= 4 is 28.2 Å². The number of sulfone groups is 1. The van der Waals surface area contributed by atoms with Crippen LogP contribution in [0, 0.1) is 0 Å². The summed E-state index contributed by atoms with van der Waals surface area (Å²) in [4.78, 5) is 14.2. The Kier molecular flexibility index (Phi) is 5.56. The van der Waals surface area contributed by atoms with E-state index in [0.717, 1.165) is 12.8 Å². The molecular formula is C13H19ClN2O3S. The first kappa shape index (κ1) is 16.9. The summed E-state index contributed by atoms with van der Waals surface area (Å²) in [6.45, 7) is 3.92. The molecule has 1 aliphatic heterocycles. The molecule has 1 saturated heterocycles. The van der Waals surface area contributed by atoms with Crippen molar-refractivity contribution in [3.8, 4) is 0 Å². The minimum Gasteiger partial charge on any atom is -0.336 e. The van der Waals surface area contributed by atoms with Crippen molar-refractivity contribution in [3.63, 3.8) is 0 Å². The van der Waals surface area contributed by atoms with Gasteiger partial charge in [0.25, 0.3) is 5.91 Å². The molecule has 0 bridgehead atoms. The van der Waals surface area contributed by atoms with Gasteiger partial charge in [0.05, 0.1) is 10.5 Å². The van der Waals surface area contributed by atoms with Gasteiger partial charge >= 0.3 is 0 Å². The minimum absolute atomic E-state index is 0. The number of benzene rings is 1. The van der Waals surface area contributed by atoms with Crippen LogP contribution in [-0.4, -0.2) is 51.2 Å². The Morgan fingerprint density at radius 3 is 2.60 bits per heavy atom. The summed E-state index contributed by atoms with van der Waals surface area (Å²) in [5.41, 5.74) is 0.263. The lowest BCUT2D eigenvalue weighted by Crippen LogP contribution is -2.51. The van der Waals surface area contributed by atoms with E-state index in [2.05, 4.69) is 5.32 Å². The number of hydrogen-bond acceptors (Lipinski definition) is 4. The Morgan fingerprint density at radius 2 is 2.00 bits per heavy atom. The normalized spacial score (nSPS) is 19.3. The lowest BCUT2D eigenvalue weighted by atomic mass is 10.1. The van der Waals surface area contributed by atoms with E-state index >= 15 is 0 Å². The first-order chi connectivity index (χ1) is 8.89. The summed E-state index contributed by atoms with van der Waals surface area (Å²) < 4.78 is 23.4. The predicted octanol–water partition coefficient (Wildman–Crippen LogP) is 0.946. The van der Waals surface area contributed by atoms with Crippen molar-refractivity contribution < 1.29 is 13.2 Å². The van der Waals surface area contributed by atoms with Crippen LogP contribution in [0.4, 0.5) is 0 Å². The lowest BCUT2D eigenvalue weighted by Gasteiger charge is -2.32. The van der Waals surface area contributed by atoms with Gasteiger partial charge in [-0.25, -0.2) is 8.42 Å². The summed E-state index contributed by atoms with van der Waals surface area (Å²) in [5.74, 6) is -0.214. The number of nitrogens with zero attached hydrogens (tertiary/aromatic N) is 1. The van der Waals surface area contributed by atoms with Crippen LogP contribution in [-0.2, 0) is 9.84 Å². The third-order valence-electron chi connectivity index (χ3n) is 3.17. The standard InChI is InChI=1S/C13H18N2O3S.ClH/c1-10-9-15(8-7-14-10)13(16)11-5-3-4-6-12(11)19(2,17)18;/h3-6,10,14H,7-9H2,1-2H3;1H. The van der Waals surface area contributed by atoms with E-state index in [0.29, 0.717) is 13.1 Å². The maximum absolute atomic E-state index is 12.4. The first-order valence-electron chi connectivity index (χ1n) is 6.21. The molecule has 1 unspecified atom stereocenters. The lowest BCUT2D eigenvalue weighted by molar-refractivity contribution is 0.0705. The van der Waals surface area contributed by atoms with Gasteiger partial charge in [0.2, 0.25) is 0 Å². The first-order valence-corrected chi connectivity index (χ1v) is 8.10. The molecule has 0 spiro atoms. The molecule has 0 aromatic heterocycles. The SMILES string of the molecule is CC1CN(C(=O)c2ccccc2S(C)(=O)=O)CCN1.Cl. The van der Waals surface area contributed by atoms with Gasteiger partial charge in [-0.1, -0.05) is 12.1 Å². The van der Waals surface area contributed by atoms with E-state index in [1.807, 2.05) is 6.92 Å². The fourth-order valence-corrected chi connectivity index (χ4v) is 3.13. The van der Waals surface area contributed by atoms with Crippen molar-refractivity contribution in [2.75, 3.05) is 25.9 Å². The summed E-state index contributed by atoms with van der Waals surface area (Å²) >= 11 is 0. The van der Waals surface area contributed by atoms with Crippen LogP contribution >= 0.6 is 12.4 Å². The quantitative estimate of drug-likeness (QED) is 0.881. The summed E-state index contributed by atoms with van der Waals surface area (Å²) in [5, 5.41) is 3.25. The van der Waals surface area contributed by atoms with E-state index in [4.69, 9.17) is 0 Å². The zero-order valence-corrected chi connectivity index (χ0v) is 13.1. The second-order valence-corrected chi connectivity index (χ2v) is 6.86. The molecule has 1 heterocycles. The minimum atomic E-state index is -3.39. The highest BCUT2D eigenvalue weighted by Gasteiger charge is 2.25. The van der Waals surface area contributed by atoms with Crippen LogP contribution in [0.2, 0.25) is 0 Å². The fourth-order valence-electron chi connectivity index (χ4n) is 2.25. The van der Waals surface area contributed by atoms with Crippen molar-refractivity contribution in [1.82, 2.24) is 10.2 Å². The number of hydrogen-bond donors (Lipinski definition) is 1. The third-order valence-corrected chi connectivity index (χ3v) is 4.33. The van der Waals surface area contributed by atoms with E-state index in [9.17, 15) is 13.2 Å². The molecular weight excluding hydrogens is 300 g/mol. The number of amides is 1. The monoisotopic (exact) mass is 318 g/mol. The number of rotatable bonds is 2. The molecule has 1 aromatic rings. The molecule has 5 nitrogen and oxygen atoms in total. The van der Waals surface area contributed by atoms with Gasteiger partial charge in [-0.2, -0.15) is 0 Å². The average molecular weight is 319 g/mol. The Balaban J connectivity index is 0.00000200. The van der Waals surface area contributed by atoms with Gasteiger partial charge in [-0.15, -0.1) is 12.4 Å². The molecule has 0 radical (unpaired) electrons. The van der Waals surface area contributed by atoms with Crippen molar-refractivity contribution in [2.24, 2.45) is 0 Å². The predicted molar refractivity (Wildman–Crippen MR) is 80.2 cm³/mol. The number of halogens is 1. The molecule has 1 atom stereocenters. The Bertz CT molecular complexity index is 589. The largest absolute Gasteiger partial charge is 0.336 e.